The molecule has 0 unspecified atom stereocenters. The number of carboxylic acids is 1. The molecule has 31 heavy (non-hydrogen) atoms. The molecule has 0 aromatic heterocycles. The first-order valence-electron chi connectivity index (χ1n) is 10.9. The second kappa shape index (κ2) is 9.18. The van der Waals surface area contributed by atoms with E-state index in [4.69, 9.17) is 11.6 Å². The zero-order valence-electron chi connectivity index (χ0n) is 17.7. The first-order valence-corrected chi connectivity index (χ1v) is 11.2. The third-order valence-electron chi connectivity index (χ3n) is 6.37. The molecule has 1 aliphatic heterocycles. The molecule has 164 valence electrons. The van der Waals surface area contributed by atoms with E-state index >= 15 is 0 Å². The molecule has 0 atom stereocenters. The van der Waals surface area contributed by atoms with Crippen LogP contribution in [0.5, 0.6) is 0 Å². The normalized spacial score (nSPS) is 17.1. The largest absolute Gasteiger partial charge is 0.478 e. The van der Waals surface area contributed by atoms with E-state index in [1.807, 2.05) is 24.3 Å². The maximum atomic E-state index is 12.5. The Morgan fingerprint density at radius 3 is 2.35 bits per heavy atom. The number of carboxylic acid groups (broad SMARTS) is 1. The van der Waals surface area contributed by atoms with Crippen molar-refractivity contribution in [3.8, 4) is 0 Å². The van der Waals surface area contributed by atoms with E-state index in [1.165, 1.54) is 5.56 Å². The number of hydrogen-bond acceptors (Lipinski definition) is 4. The third kappa shape index (κ3) is 4.79. The van der Waals surface area contributed by atoms with Gasteiger partial charge in [-0.15, -0.1) is 0 Å². The number of anilines is 3. The monoisotopic (exact) mass is 441 g/mol. The van der Waals surface area contributed by atoms with Crippen LogP contribution in [0.2, 0.25) is 5.02 Å². The average Bonchev–Trinajstić information content (AvgIpc) is 3.31. The molecule has 7 heteroatoms. The fourth-order valence-corrected chi connectivity index (χ4v) is 4.73. The van der Waals surface area contributed by atoms with Crippen LogP contribution < -0.4 is 15.1 Å². The highest BCUT2D eigenvalue weighted by molar-refractivity contribution is 6.30. The summed E-state index contributed by atoms with van der Waals surface area (Å²) in [5, 5.41) is 13.3. The molecule has 1 aliphatic carbocycles. The summed E-state index contributed by atoms with van der Waals surface area (Å²) >= 11 is 6.18. The highest BCUT2D eigenvalue weighted by Crippen LogP contribution is 2.30. The summed E-state index contributed by atoms with van der Waals surface area (Å²) in [5.74, 6) is -1.11. The van der Waals surface area contributed by atoms with Crippen molar-refractivity contribution in [1.82, 2.24) is 0 Å². The quantitative estimate of drug-likeness (QED) is 0.697. The molecule has 1 amide bonds. The Kier molecular flexibility index (Phi) is 6.37. The fourth-order valence-electron chi connectivity index (χ4n) is 4.57. The number of carbonyl (C=O) groups is 2. The number of halogens is 1. The SMILES string of the molecule is Cc1ccc(Cl)cc1N1CCN(c2ccc(NC(=O)C3CCCC3)c(C(=O)O)c2)CC1. The number of nitrogens with zero attached hydrogens (tertiary/aromatic N) is 2. The van der Waals surface area contributed by atoms with Crippen molar-refractivity contribution in [1.29, 1.82) is 0 Å². The maximum Gasteiger partial charge on any atom is 0.337 e. The molecular formula is C24H28ClN3O3. The highest BCUT2D eigenvalue weighted by Gasteiger charge is 2.25. The number of rotatable bonds is 5. The Morgan fingerprint density at radius 1 is 1.00 bits per heavy atom. The molecular weight excluding hydrogens is 414 g/mol. The summed E-state index contributed by atoms with van der Waals surface area (Å²) in [5.41, 5.74) is 3.70. The van der Waals surface area contributed by atoms with Gasteiger partial charge in [0.1, 0.15) is 0 Å². The fraction of sp³-hybridized carbons (Fsp3) is 0.417. The molecule has 1 saturated heterocycles. The van der Waals surface area contributed by atoms with Gasteiger partial charge in [-0.25, -0.2) is 4.79 Å². The summed E-state index contributed by atoms with van der Waals surface area (Å²) in [6.07, 6.45) is 3.87. The molecule has 1 heterocycles. The molecule has 2 aliphatic rings. The molecule has 2 aromatic carbocycles. The van der Waals surface area contributed by atoms with Crippen LogP contribution in [0.3, 0.4) is 0 Å². The Morgan fingerprint density at radius 2 is 1.68 bits per heavy atom. The summed E-state index contributed by atoms with van der Waals surface area (Å²) in [4.78, 5) is 28.8. The van der Waals surface area contributed by atoms with Gasteiger partial charge < -0.3 is 20.2 Å². The molecule has 4 rings (SSSR count). The van der Waals surface area contributed by atoms with E-state index in [9.17, 15) is 14.7 Å². The number of hydrogen-bond donors (Lipinski definition) is 2. The van der Waals surface area contributed by atoms with Gasteiger partial charge in [0.2, 0.25) is 5.91 Å². The minimum atomic E-state index is -1.03. The minimum absolute atomic E-state index is 0.00987. The van der Waals surface area contributed by atoms with Crippen LogP contribution in [0.4, 0.5) is 17.1 Å². The number of aryl methyl sites for hydroxylation is 1. The smallest absolute Gasteiger partial charge is 0.337 e. The summed E-state index contributed by atoms with van der Waals surface area (Å²) in [6.45, 7) is 5.28. The van der Waals surface area contributed by atoms with E-state index < -0.39 is 5.97 Å². The lowest BCUT2D eigenvalue weighted by Crippen LogP contribution is -2.46. The lowest BCUT2D eigenvalue weighted by atomic mass is 10.1. The Hall–Kier alpha value is -2.73. The molecule has 2 aromatic rings. The van der Waals surface area contributed by atoms with Crippen LogP contribution in [-0.2, 0) is 4.79 Å². The number of aromatic carboxylic acids is 1. The van der Waals surface area contributed by atoms with Gasteiger partial charge in [0.15, 0.2) is 0 Å². The van der Waals surface area contributed by atoms with Gasteiger partial charge in [-0.05, 0) is 55.7 Å². The van der Waals surface area contributed by atoms with Gasteiger partial charge in [0, 0.05) is 48.5 Å². The number of piperazine rings is 1. The van der Waals surface area contributed by atoms with E-state index in [2.05, 4.69) is 22.0 Å². The first-order chi connectivity index (χ1) is 14.9. The number of benzene rings is 2. The standard InChI is InChI=1S/C24H28ClN3O3/c1-16-6-7-18(25)14-22(16)28-12-10-27(11-13-28)19-8-9-21(20(15-19)24(30)31)26-23(29)17-4-2-3-5-17/h6-9,14-15,17H,2-5,10-13H2,1H3,(H,26,29)(H,30,31). The third-order valence-corrected chi connectivity index (χ3v) is 6.61. The average molecular weight is 442 g/mol. The minimum Gasteiger partial charge on any atom is -0.478 e. The van der Waals surface area contributed by atoms with E-state index in [0.717, 1.165) is 68.3 Å². The van der Waals surface area contributed by atoms with Crippen LogP contribution in [0, 0.1) is 12.8 Å². The van der Waals surface area contributed by atoms with Gasteiger partial charge in [0.05, 0.1) is 11.3 Å². The molecule has 2 fully saturated rings. The van der Waals surface area contributed by atoms with Crippen LogP contribution in [0.15, 0.2) is 36.4 Å². The van der Waals surface area contributed by atoms with Crippen LogP contribution >= 0.6 is 11.6 Å². The van der Waals surface area contributed by atoms with E-state index in [1.54, 1.807) is 12.1 Å². The highest BCUT2D eigenvalue weighted by atomic mass is 35.5. The number of nitrogens with one attached hydrogen (secondary N) is 1. The van der Waals surface area contributed by atoms with Gasteiger partial charge in [-0.2, -0.15) is 0 Å². The van der Waals surface area contributed by atoms with Crippen LogP contribution in [0.1, 0.15) is 41.6 Å². The first kappa shape index (κ1) is 21.5. The van der Waals surface area contributed by atoms with Crippen molar-refractivity contribution in [3.05, 3.63) is 52.5 Å². The predicted molar refractivity (Wildman–Crippen MR) is 125 cm³/mol. The maximum absolute atomic E-state index is 12.5. The number of amides is 1. The van der Waals surface area contributed by atoms with Crippen LogP contribution in [0.25, 0.3) is 0 Å². The zero-order valence-corrected chi connectivity index (χ0v) is 18.5. The summed E-state index contributed by atoms with van der Waals surface area (Å²) in [7, 11) is 0. The molecule has 2 N–H and O–H groups in total. The van der Waals surface area contributed by atoms with Gasteiger partial charge in [-0.1, -0.05) is 30.5 Å². The van der Waals surface area contributed by atoms with Crippen LogP contribution in [-0.4, -0.2) is 43.2 Å². The van der Waals surface area contributed by atoms with Gasteiger partial charge in [0.25, 0.3) is 0 Å². The van der Waals surface area contributed by atoms with Crippen molar-refractivity contribution >= 4 is 40.5 Å². The second-order valence-corrected chi connectivity index (χ2v) is 8.85. The molecule has 0 bridgehead atoms. The predicted octanol–water partition coefficient (Wildman–Crippen LogP) is 4.80. The van der Waals surface area contributed by atoms with Crippen molar-refractivity contribution in [2.45, 2.75) is 32.6 Å². The lowest BCUT2D eigenvalue weighted by molar-refractivity contribution is -0.119. The molecule has 1 saturated carbocycles. The van der Waals surface area contributed by atoms with Crippen molar-refractivity contribution < 1.29 is 14.7 Å². The topological polar surface area (TPSA) is 72.9 Å². The Labute approximate surface area is 187 Å². The lowest BCUT2D eigenvalue weighted by Gasteiger charge is -2.38. The van der Waals surface area contributed by atoms with Crippen molar-refractivity contribution in [2.24, 2.45) is 5.92 Å². The number of carbonyl (C=O) groups excluding carboxylic acids is 1. The van der Waals surface area contributed by atoms with E-state index in [0.29, 0.717) is 5.69 Å². The van der Waals surface area contributed by atoms with E-state index in [-0.39, 0.29) is 17.4 Å². The molecule has 0 radical (unpaired) electrons. The van der Waals surface area contributed by atoms with Gasteiger partial charge >= 0.3 is 5.97 Å². The Bertz CT molecular complexity index is 980. The van der Waals surface area contributed by atoms with Crippen molar-refractivity contribution in [2.75, 3.05) is 41.3 Å². The van der Waals surface area contributed by atoms with Gasteiger partial charge in [-0.3, -0.25) is 4.79 Å². The Balaban J connectivity index is 1.46. The zero-order chi connectivity index (χ0) is 22.0. The molecule has 0 spiro atoms. The second-order valence-electron chi connectivity index (χ2n) is 8.41. The van der Waals surface area contributed by atoms with Crippen molar-refractivity contribution in [3.63, 3.8) is 0 Å². The summed E-state index contributed by atoms with van der Waals surface area (Å²) < 4.78 is 0. The summed E-state index contributed by atoms with van der Waals surface area (Å²) in [6, 6.07) is 11.2. The molecule has 6 nitrogen and oxygen atoms in total.